The number of fused-ring (bicyclic) bond motifs is 9. The molecule has 3 fully saturated rings. The summed E-state index contributed by atoms with van der Waals surface area (Å²) in [6, 6.07) is 12.4. The minimum absolute atomic E-state index is 0.106. The largest absolute Gasteiger partial charge is 0.489 e. The molecule has 13 heteroatoms. The van der Waals surface area contributed by atoms with Crippen LogP contribution in [-0.4, -0.2) is 49.5 Å². The van der Waals surface area contributed by atoms with Gasteiger partial charge >= 0.3 is 10.8 Å². The van der Waals surface area contributed by atoms with E-state index >= 15 is 0 Å². The molecular formula is C30H27N3O8S2. The second-order valence-corrected chi connectivity index (χ2v) is 13.9. The van der Waals surface area contributed by atoms with Gasteiger partial charge in [0.25, 0.3) is 5.69 Å². The molecule has 4 aliphatic rings. The van der Waals surface area contributed by atoms with Gasteiger partial charge in [-0.3, -0.25) is 34.2 Å². The van der Waals surface area contributed by atoms with Gasteiger partial charge in [-0.05, 0) is 42.7 Å². The third-order valence-electron chi connectivity index (χ3n) is 9.38. The number of non-ortho nitro benzene ring substituents is 1. The molecule has 3 aromatic rings. The summed E-state index contributed by atoms with van der Waals surface area (Å²) in [5.41, 5.74) is 2.48. The Hall–Kier alpha value is -3.97. The Labute approximate surface area is 253 Å². The average molecular weight is 622 g/mol. The molecule has 2 bridgehead atoms. The number of thiazole rings is 1. The molecule has 11 nitrogen and oxygen atoms in total. The second kappa shape index (κ2) is 10.3. The standard InChI is InChI=1S/C30H27N3O8S2/c1-13-3-2-4-14(9-13)12-41-19-6-5-15(33(39)40)10-16(19)21-22-17-11-18(25(22)42-27-26(21)43-30(38)31-27)24-23(17)28(36)32(29(24)37)8-7-20(34)35/h2-6,9-10,17-18,21-25H,7-8,11-12H2,1H3,(H,31,38)(H,34,35)/t17?,18?,21-,22?,23?,24?,25?/m1/s1. The van der Waals surface area contributed by atoms with Gasteiger partial charge < -0.3 is 14.8 Å². The van der Waals surface area contributed by atoms with E-state index in [4.69, 9.17) is 4.74 Å². The summed E-state index contributed by atoms with van der Waals surface area (Å²) in [7, 11) is 0. The van der Waals surface area contributed by atoms with E-state index in [0.717, 1.165) is 32.2 Å². The van der Waals surface area contributed by atoms with Gasteiger partial charge in [-0.2, -0.15) is 0 Å². The van der Waals surface area contributed by atoms with Crippen molar-refractivity contribution >= 4 is 46.6 Å². The molecule has 0 spiro atoms. The number of carbonyl (C=O) groups is 3. The molecule has 2 aliphatic heterocycles. The van der Waals surface area contributed by atoms with Crippen molar-refractivity contribution in [2.45, 2.75) is 42.6 Å². The van der Waals surface area contributed by atoms with Crippen molar-refractivity contribution in [3.8, 4) is 5.75 Å². The average Bonchev–Trinajstić information content (AvgIpc) is 3.70. The minimum Gasteiger partial charge on any atom is -0.489 e. The van der Waals surface area contributed by atoms with Gasteiger partial charge in [0, 0.05) is 40.3 Å². The van der Waals surface area contributed by atoms with Crippen LogP contribution in [0.4, 0.5) is 5.69 Å². The number of aromatic nitrogens is 1. The molecule has 6 unspecified atom stereocenters. The number of aryl methyl sites for hydroxylation is 1. The lowest BCUT2D eigenvalue weighted by Gasteiger charge is -2.43. The first-order valence-electron chi connectivity index (χ1n) is 14.1. The monoisotopic (exact) mass is 621 g/mol. The molecule has 2 saturated carbocycles. The molecule has 222 valence electrons. The van der Waals surface area contributed by atoms with Crippen LogP contribution in [0.1, 0.15) is 40.3 Å². The van der Waals surface area contributed by atoms with Gasteiger partial charge in [-0.25, -0.2) is 0 Å². The molecule has 1 saturated heterocycles. The number of hydrogen-bond acceptors (Lipinski definition) is 9. The fourth-order valence-electron chi connectivity index (χ4n) is 7.84. The third kappa shape index (κ3) is 4.48. The number of nitrogens with one attached hydrogen (secondary N) is 1. The highest BCUT2D eigenvalue weighted by molar-refractivity contribution is 8.00. The van der Waals surface area contributed by atoms with Crippen molar-refractivity contribution in [1.29, 1.82) is 0 Å². The summed E-state index contributed by atoms with van der Waals surface area (Å²) in [5, 5.41) is 21.7. The zero-order chi connectivity index (χ0) is 30.2. The number of nitrogens with zero attached hydrogens (tertiary/aromatic N) is 2. The zero-order valence-electron chi connectivity index (χ0n) is 22.9. The number of aliphatic carboxylic acids is 1. The van der Waals surface area contributed by atoms with E-state index in [0.29, 0.717) is 22.8 Å². The maximum absolute atomic E-state index is 13.6. The molecule has 3 heterocycles. The Morgan fingerprint density at radius 3 is 2.63 bits per heavy atom. The van der Waals surface area contributed by atoms with Crippen LogP contribution < -0.4 is 9.61 Å². The first-order chi connectivity index (χ1) is 20.6. The highest BCUT2D eigenvalue weighted by atomic mass is 32.2. The molecule has 2 N–H and O–H groups in total. The number of hydrogen-bond donors (Lipinski definition) is 2. The summed E-state index contributed by atoms with van der Waals surface area (Å²) < 4.78 is 6.31. The highest BCUT2D eigenvalue weighted by Crippen LogP contribution is 2.69. The number of aromatic amines is 1. The van der Waals surface area contributed by atoms with Crippen LogP contribution in [-0.2, 0) is 21.0 Å². The van der Waals surface area contributed by atoms with E-state index in [9.17, 15) is 34.4 Å². The Kier molecular flexibility index (Phi) is 6.69. The zero-order valence-corrected chi connectivity index (χ0v) is 24.6. The maximum Gasteiger partial charge on any atom is 0.305 e. The van der Waals surface area contributed by atoms with E-state index in [1.165, 1.54) is 23.9 Å². The normalized spacial score (nSPS) is 28.5. The number of nitro groups is 1. The van der Waals surface area contributed by atoms with Crippen LogP contribution in [0, 0.1) is 46.6 Å². The summed E-state index contributed by atoms with van der Waals surface area (Å²) in [6.45, 7) is 2.06. The van der Waals surface area contributed by atoms with Gasteiger partial charge in [0.05, 0.1) is 28.2 Å². The number of imide groups is 1. The lowest BCUT2D eigenvalue weighted by molar-refractivity contribution is -0.385. The van der Waals surface area contributed by atoms with Crippen molar-refractivity contribution in [2.24, 2.45) is 29.6 Å². The number of carboxylic acids is 1. The predicted molar refractivity (Wildman–Crippen MR) is 156 cm³/mol. The van der Waals surface area contributed by atoms with E-state index in [2.05, 4.69) is 4.98 Å². The number of nitro benzene ring substituents is 1. The van der Waals surface area contributed by atoms with Crippen LogP contribution >= 0.6 is 23.1 Å². The Morgan fingerprint density at radius 2 is 1.91 bits per heavy atom. The van der Waals surface area contributed by atoms with Crippen molar-refractivity contribution in [2.75, 3.05) is 6.54 Å². The Morgan fingerprint density at radius 1 is 1.14 bits per heavy atom. The summed E-state index contributed by atoms with van der Waals surface area (Å²) in [4.78, 5) is 66.9. The SMILES string of the molecule is Cc1cccc(COc2ccc([N+](=O)[O-])cc2[C@H]2c3sc(=O)[nH]c3SC3C4CC(C5C(=O)N(CCC(=O)O)C(=O)C45)C32)c1. The molecule has 0 radical (unpaired) electrons. The molecule has 1 aromatic heterocycles. The molecule has 7 rings (SSSR count). The topological polar surface area (TPSA) is 160 Å². The van der Waals surface area contributed by atoms with Crippen molar-refractivity contribution in [1.82, 2.24) is 9.88 Å². The number of carboxylic acid groups (broad SMARTS) is 1. The van der Waals surface area contributed by atoms with Gasteiger partial charge in [0.2, 0.25) is 11.8 Å². The summed E-state index contributed by atoms with van der Waals surface area (Å²) in [6.07, 6.45) is 0.330. The van der Waals surface area contributed by atoms with Gasteiger partial charge in [0.15, 0.2) is 0 Å². The summed E-state index contributed by atoms with van der Waals surface area (Å²) in [5.74, 6) is -3.40. The maximum atomic E-state index is 13.6. The number of rotatable bonds is 8. The Balaban J connectivity index is 1.31. The van der Waals surface area contributed by atoms with Crippen LogP contribution in [0.15, 0.2) is 52.3 Å². The van der Waals surface area contributed by atoms with E-state index in [-0.39, 0.29) is 65.0 Å². The van der Waals surface area contributed by atoms with Gasteiger partial charge in [-0.15, -0.1) is 11.8 Å². The van der Waals surface area contributed by atoms with Crippen LogP contribution in [0.25, 0.3) is 0 Å². The van der Waals surface area contributed by atoms with Gasteiger partial charge in [-0.1, -0.05) is 41.2 Å². The smallest absolute Gasteiger partial charge is 0.305 e. The van der Waals surface area contributed by atoms with Crippen LogP contribution in [0.3, 0.4) is 0 Å². The lowest BCUT2D eigenvalue weighted by atomic mass is 9.68. The van der Waals surface area contributed by atoms with Crippen molar-refractivity contribution in [3.05, 3.63) is 83.8 Å². The fourth-order valence-corrected chi connectivity index (χ4v) is 10.7. The third-order valence-corrected chi connectivity index (χ3v) is 12.0. The fraction of sp³-hybridized carbons (Fsp3) is 0.400. The molecule has 2 amide bonds. The van der Waals surface area contributed by atoms with Crippen molar-refractivity contribution < 1.29 is 29.2 Å². The molecule has 43 heavy (non-hydrogen) atoms. The number of thioether (sulfide) groups is 1. The molecule has 2 aliphatic carbocycles. The number of likely N-dealkylation sites (tertiary alicyclic amines) is 1. The Bertz CT molecular complexity index is 1750. The quantitative estimate of drug-likeness (QED) is 0.214. The first-order valence-corrected chi connectivity index (χ1v) is 15.8. The van der Waals surface area contributed by atoms with E-state index < -0.39 is 28.6 Å². The first kappa shape index (κ1) is 27.8. The number of benzene rings is 2. The second-order valence-electron chi connectivity index (χ2n) is 11.7. The minimum atomic E-state index is -1.08. The molecular weight excluding hydrogens is 594 g/mol. The van der Waals surface area contributed by atoms with Crippen LogP contribution in [0.5, 0.6) is 5.75 Å². The number of H-pyrrole nitrogens is 1. The lowest BCUT2D eigenvalue weighted by Crippen LogP contribution is -2.42. The van der Waals surface area contributed by atoms with Crippen LogP contribution in [0.2, 0.25) is 0 Å². The highest BCUT2D eigenvalue weighted by Gasteiger charge is 2.69. The van der Waals surface area contributed by atoms with Crippen molar-refractivity contribution in [3.63, 3.8) is 0 Å². The summed E-state index contributed by atoms with van der Waals surface area (Å²) >= 11 is 2.58. The number of carbonyl (C=O) groups excluding carboxylic acids is 2. The molecule has 2 aromatic carbocycles. The number of amides is 2. The number of ether oxygens (including phenoxy) is 1. The molecule has 7 atom stereocenters. The predicted octanol–water partition coefficient (Wildman–Crippen LogP) is 4.18. The van der Waals surface area contributed by atoms with E-state index in [1.807, 2.05) is 31.2 Å². The van der Waals surface area contributed by atoms with Gasteiger partial charge in [0.1, 0.15) is 12.4 Å². The van der Waals surface area contributed by atoms with E-state index in [1.54, 1.807) is 6.07 Å².